The van der Waals surface area contributed by atoms with Gasteiger partial charge in [-0.25, -0.2) is 0 Å². The number of benzene rings is 1. The van der Waals surface area contributed by atoms with Crippen LogP contribution in [0.1, 0.15) is 45.2 Å². The van der Waals surface area contributed by atoms with Gasteiger partial charge in [0.2, 0.25) is 0 Å². The monoisotopic (exact) mass is 247 g/mol. The molecule has 0 aromatic heterocycles. The molecule has 3 atom stereocenters. The highest BCUT2D eigenvalue weighted by molar-refractivity contribution is 5.18. The first kappa shape index (κ1) is 13.6. The summed E-state index contributed by atoms with van der Waals surface area (Å²) in [6.07, 6.45) is 2.68. The Labute approximate surface area is 111 Å². The zero-order valence-electron chi connectivity index (χ0n) is 11.7. The molecule has 0 amide bonds. The first-order chi connectivity index (χ1) is 8.66. The molecule has 2 unspecified atom stereocenters. The SMILES string of the molecule is CC(C)C1CC(N[C@H](C)c2ccccc2)CCO1. The van der Waals surface area contributed by atoms with Crippen LogP contribution in [0.5, 0.6) is 0 Å². The first-order valence-corrected chi connectivity index (χ1v) is 7.09. The molecule has 0 aliphatic carbocycles. The maximum atomic E-state index is 5.82. The normalized spacial score (nSPS) is 26.2. The highest BCUT2D eigenvalue weighted by atomic mass is 16.5. The van der Waals surface area contributed by atoms with Crippen molar-refractivity contribution >= 4 is 0 Å². The minimum absolute atomic E-state index is 0.416. The second kappa shape index (κ2) is 6.35. The molecule has 1 aromatic carbocycles. The van der Waals surface area contributed by atoms with E-state index in [4.69, 9.17) is 4.74 Å². The minimum atomic E-state index is 0.416. The van der Waals surface area contributed by atoms with Crippen molar-refractivity contribution in [1.82, 2.24) is 5.32 Å². The topological polar surface area (TPSA) is 21.3 Å². The van der Waals surface area contributed by atoms with Gasteiger partial charge < -0.3 is 10.1 Å². The van der Waals surface area contributed by atoms with E-state index < -0.39 is 0 Å². The zero-order valence-corrected chi connectivity index (χ0v) is 11.7. The average Bonchev–Trinajstić information content (AvgIpc) is 2.40. The first-order valence-electron chi connectivity index (χ1n) is 7.09. The molecule has 2 rings (SSSR count). The lowest BCUT2D eigenvalue weighted by Crippen LogP contribution is -2.41. The van der Waals surface area contributed by atoms with Gasteiger partial charge in [-0.15, -0.1) is 0 Å². The van der Waals surface area contributed by atoms with Crippen molar-refractivity contribution in [2.75, 3.05) is 6.61 Å². The zero-order chi connectivity index (χ0) is 13.0. The molecule has 1 fully saturated rings. The van der Waals surface area contributed by atoms with E-state index in [1.54, 1.807) is 0 Å². The number of hydrogen-bond donors (Lipinski definition) is 1. The summed E-state index contributed by atoms with van der Waals surface area (Å²) < 4.78 is 5.82. The highest BCUT2D eigenvalue weighted by Crippen LogP contribution is 2.22. The lowest BCUT2D eigenvalue weighted by Gasteiger charge is -2.34. The summed E-state index contributed by atoms with van der Waals surface area (Å²) in [6, 6.07) is 11.7. The standard InChI is InChI=1S/C16H25NO/c1-12(2)16-11-15(9-10-18-16)17-13(3)14-7-5-4-6-8-14/h4-8,12-13,15-17H,9-11H2,1-3H3/t13-,15?,16?/m1/s1. The van der Waals surface area contributed by atoms with Gasteiger partial charge >= 0.3 is 0 Å². The van der Waals surface area contributed by atoms with Crippen molar-refractivity contribution in [3.8, 4) is 0 Å². The van der Waals surface area contributed by atoms with Crippen molar-refractivity contribution in [1.29, 1.82) is 0 Å². The second-order valence-electron chi connectivity index (χ2n) is 5.67. The molecule has 1 heterocycles. The molecule has 1 aromatic rings. The average molecular weight is 247 g/mol. The van der Waals surface area contributed by atoms with Crippen LogP contribution >= 0.6 is 0 Å². The van der Waals surface area contributed by atoms with Crippen LogP contribution in [-0.2, 0) is 4.74 Å². The lowest BCUT2D eigenvalue weighted by molar-refractivity contribution is -0.0256. The molecular formula is C16H25NO. The summed E-state index contributed by atoms with van der Waals surface area (Å²) in [5.74, 6) is 0.613. The Bertz CT molecular complexity index is 349. The maximum absolute atomic E-state index is 5.82. The Kier molecular flexibility index (Phi) is 4.79. The fourth-order valence-electron chi connectivity index (χ4n) is 2.64. The fourth-order valence-corrected chi connectivity index (χ4v) is 2.64. The predicted octanol–water partition coefficient (Wildman–Crippen LogP) is 3.54. The van der Waals surface area contributed by atoms with Crippen molar-refractivity contribution < 1.29 is 4.74 Å². The quantitative estimate of drug-likeness (QED) is 0.878. The van der Waals surface area contributed by atoms with Gasteiger partial charge in [-0.2, -0.15) is 0 Å². The Hall–Kier alpha value is -0.860. The van der Waals surface area contributed by atoms with Gasteiger partial charge in [0, 0.05) is 18.7 Å². The van der Waals surface area contributed by atoms with E-state index >= 15 is 0 Å². The molecule has 1 saturated heterocycles. The van der Waals surface area contributed by atoms with Gasteiger partial charge in [-0.3, -0.25) is 0 Å². The van der Waals surface area contributed by atoms with E-state index in [1.165, 1.54) is 5.56 Å². The van der Waals surface area contributed by atoms with Gasteiger partial charge in [0.05, 0.1) is 6.10 Å². The third kappa shape index (κ3) is 3.56. The highest BCUT2D eigenvalue weighted by Gasteiger charge is 2.25. The molecular weight excluding hydrogens is 222 g/mol. The predicted molar refractivity (Wildman–Crippen MR) is 75.6 cm³/mol. The van der Waals surface area contributed by atoms with Gasteiger partial charge in [0.25, 0.3) is 0 Å². The molecule has 1 aliphatic rings. The molecule has 2 heteroatoms. The van der Waals surface area contributed by atoms with Crippen LogP contribution in [0.25, 0.3) is 0 Å². The summed E-state index contributed by atoms with van der Waals surface area (Å²) in [4.78, 5) is 0. The largest absolute Gasteiger partial charge is 0.378 e. The molecule has 0 radical (unpaired) electrons. The smallest absolute Gasteiger partial charge is 0.0612 e. The summed E-state index contributed by atoms with van der Waals surface area (Å²) in [6.45, 7) is 7.62. The van der Waals surface area contributed by atoms with Crippen molar-refractivity contribution in [2.24, 2.45) is 5.92 Å². The fraction of sp³-hybridized carbons (Fsp3) is 0.625. The van der Waals surface area contributed by atoms with Crippen LogP contribution in [0.3, 0.4) is 0 Å². The minimum Gasteiger partial charge on any atom is -0.378 e. The van der Waals surface area contributed by atoms with E-state index in [1.807, 2.05) is 0 Å². The molecule has 1 aliphatic heterocycles. The third-order valence-corrected chi connectivity index (χ3v) is 3.84. The molecule has 0 spiro atoms. The summed E-state index contributed by atoms with van der Waals surface area (Å²) in [5.41, 5.74) is 1.37. The van der Waals surface area contributed by atoms with Gasteiger partial charge in [-0.1, -0.05) is 44.2 Å². The van der Waals surface area contributed by atoms with Gasteiger partial charge in [0.1, 0.15) is 0 Å². The Morgan fingerprint density at radius 3 is 2.56 bits per heavy atom. The van der Waals surface area contributed by atoms with Crippen LogP contribution in [0, 0.1) is 5.92 Å². The third-order valence-electron chi connectivity index (χ3n) is 3.84. The molecule has 1 N–H and O–H groups in total. The maximum Gasteiger partial charge on any atom is 0.0612 e. The summed E-state index contributed by atoms with van der Waals surface area (Å²) in [5, 5.41) is 3.74. The van der Waals surface area contributed by atoms with Crippen LogP contribution in [0.4, 0.5) is 0 Å². The number of hydrogen-bond acceptors (Lipinski definition) is 2. The summed E-state index contributed by atoms with van der Waals surface area (Å²) >= 11 is 0. The molecule has 0 saturated carbocycles. The number of nitrogens with one attached hydrogen (secondary N) is 1. The molecule has 2 nitrogen and oxygen atoms in total. The lowest BCUT2D eigenvalue weighted by atomic mass is 9.94. The van der Waals surface area contributed by atoms with Crippen LogP contribution in [-0.4, -0.2) is 18.8 Å². The van der Waals surface area contributed by atoms with Crippen LogP contribution in [0.2, 0.25) is 0 Å². The van der Waals surface area contributed by atoms with E-state index in [0.29, 0.717) is 24.1 Å². The number of rotatable bonds is 4. The van der Waals surface area contributed by atoms with E-state index in [9.17, 15) is 0 Å². The Morgan fingerprint density at radius 2 is 1.89 bits per heavy atom. The van der Waals surface area contributed by atoms with E-state index in [-0.39, 0.29) is 0 Å². The number of ether oxygens (including phenoxy) is 1. The van der Waals surface area contributed by atoms with Gasteiger partial charge in [0.15, 0.2) is 0 Å². The Morgan fingerprint density at radius 1 is 1.17 bits per heavy atom. The van der Waals surface area contributed by atoms with E-state index in [2.05, 4.69) is 56.4 Å². The Balaban J connectivity index is 1.89. The molecule has 100 valence electrons. The second-order valence-corrected chi connectivity index (χ2v) is 5.67. The van der Waals surface area contributed by atoms with Crippen molar-refractivity contribution in [3.63, 3.8) is 0 Å². The molecule has 18 heavy (non-hydrogen) atoms. The summed E-state index contributed by atoms with van der Waals surface area (Å²) in [7, 11) is 0. The van der Waals surface area contributed by atoms with E-state index in [0.717, 1.165) is 19.4 Å². The molecule has 0 bridgehead atoms. The van der Waals surface area contributed by atoms with Crippen molar-refractivity contribution in [3.05, 3.63) is 35.9 Å². The van der Waals surface area contributed by atoms with Crippen molar-refractivity contribution in [2.45, 2.75) is 51.8 Å². The van der Waals surface area contributed by atoms with Crippen LogP contribution in [0.15, 0.2) is 30.3 Å². The van der Waals surface area contributed by atoms with Crippen LogP contribution < -0.4 is 5.32 Å². The van der Waals surface area contributed by atoms with Gasteiger partial charge in [-0.05, 0) is 31.2 Å².